The number of hydrogen-bond acceptors (Lipinski definition) is 3. The first-order chi connectivity index (χ1) is 10.3. The Hall–Kier alpha value is -1.84. The zero-order chi connectivity index (χ0) is 14.7. The highest BCUT2D eigenvalue weighted by atomic mass is 15.1. The van der Waals surface area contributed by atoms with Gasteiger partial charge in [-0.05, 0) is 50.7 Å². The molecule has 0 aromatic carbocycles. The van der Waals surface area contributed by atoms with Crippen molar-refractivity contribution in [1.82, 2.24) is 14.5 Å². The van der Waals surface area contributed by atoms with Crippen LogP contribution in [0.3, 0.4) is 0 Å². The first-order valence-corrected chi connectivity index (χ1v) is 7.99. The van der Waals surface area contributed by atoms with Crippen LogP contribution in [0.4, 0.5) is 5.69 Å². The molecule has 112 valence electrons. The molecule has 1 N–H and O–H groups in total. The highest BCUT2D eigenvalue weighted by Crippen LogP contribution is 2.29. The van der Waals surface area contributed by atoms with Gasteiger partial charge in [0.25, 0.3) is 0 Å². The minimum Gasteiger partial charge on any atom is -0.379 e. The number of anilines is 1. The third kappa shape index (κ3) is 3.09. The average Bonchev–Trinajstić information content (AvgIpc) is 2.95. The summed E-state index contributed by atoms with van der Waals surface area (Å²) in [5.74, 6) is 2.84. The molecule has 0 bridgehead atoms. The topological polar surface area (TPSA) is 42.7 Å². The lowest BCUT2D eigenvalue weighted by atomic mass is 9.84. The summed E-state index contributed by atoms with van der Waals surface area (Å²) < 4.78 is 2.04. The van der Waals surface area contributed by atoms with E-state index in [0.717, 1.165) is 23.2 Å². The molecular formula is C17H24N4. The second-order valence-corrected chi connectivity index (χ2v) is 5.99. The zero-order valence-electron chi connectivity index (χ0n) is 12.9. The Bertz CT molecular complexity index is 582. The fourth-order valence-corrected chi connectivity index (χ4v) is 3.24. The van der Waals surface area contributed by atoms with Crippen LogP contribution in [0.15, 0.2) is 30.7 Å². The van der Waals surface area contributed by atoms with Gasteiger partial charge in [-0.1, -0.05) is 13.3 Å². The first-order valence-electron chi connectivity index (χ1n) is 7.99. The normalized spacial score (nSPS) is 22.2. The monoisotopic (exact) mass is 284 g/mol. The lowest BCUT2D eigenvalue weighted by Crippen LogP contribution is -2.26. The van der Waals surface area contributed by atoms with E-state index in [0.29, 0.717) is 6.04 Å². The van der Waals surface area contributed by atoms with Crippen LogP contribution in [0.2, 0.25) is 0 Å². The lowest BCUT2D eigenvalue weighted by molar-refractivity contribution is 0.330. The summed E-state index contributed by atoms with van der Waals surface area (Å²) in [4.78, 5) is 8.84. The molecule has 0 spiro atoms. The van der Waals surface area contributed by atoms with Gasteiger partial charge in [0.15, 0.2) is 5.82 Å². The van der Waals surface area contributed by atoms with Crippen LogP contribution in [0, 0.1) is 12.8 Å². The molecular weight excluding hydrogens is 260 g/mol. The second kappa shape index (κ2) is 6.29. The Morgan fingerprint density at radius 2 is 2.00 bits per heavy atom. The Morgan fingerprint density at radius 3 is 2.67 bits per heavy atom. The molecule has 2 heterocycles. The number of imidazole rings is 1. The van der Waals surface area contributed by atoms with E-state index in [9.17, 15) is 0 Å². The minimum atomic E-state index is 0.569. The van der Waals surface area contributed by atoms with Gasteiger partial charge < -0.3 is 5.32 Å². The van der Waals surface area contributed by atoms with Gasteiger partial charge >= 0.3 is 0 Å². The van der Waals surface area contributed by atoms with Crippen molar-refractivity contribution in [2.45, 2.75) is 52.0 Å². The minimum absolute atomic E-state index is 0.569. The Balaban J connectivity index is 1.76. The van der Waals surface area contributed by atoms with Gasteiger partial charge in [-0.25, -0.2) is 9.97 Å². The largest absolute Gasteiger partial charge is 0.379 e. The standard InChI is InChI=1S/C17H24N4/c1-3-14-6-8-15(9-7-14)20-16-5-4-10-19-17(16)21-12-11-18-13(21)2/h4-5,10-12,14-15,20H,3,6-9H2,1-2H3. The molecule has 2 aromatic heterocycles. The summed E-state index contributed by atoms with van der Waals surface area (Å²) in [6, 6.07) is 4.68. The van der Waals surface area contributed by atoms with Crippen LogP contribution in [0.5, 0.6) is 0 Å². The van der Waals surface area contributed by atoms with Crippen molar-refractivity contribution in [2.75, 3.05) is 5.32 Å². The van der Waals surface area contributed by atoms with E-state index in [1.807, 2.05) is 36.1 Å². The van der Waals surface area contributed by atoms with E-state index in [1.165, 1.54) is 32.1 Å². The van der Waals surface area contributed by atoms with Gasteiger partial charge in [0.1, 0.15) is 5.82 Å². The number of aryl methyl sites for hydroxylation is 1. The van der Waals surface area contributed by atoms with Crippen molar-refractivity contribution in [3.05, 3.63) is 36.5 Å². The van der Waals surface area contributed by atoms with Gasteiger partial charge in [0.2, 0.25) is 0 Å². The number of rotatable bonds is 4. The second-order valence-electron chi connectivity index (χ2n) is 5.99. The van der Waals surface area contributed by atoms with Crippen LogP contribution in [0.1, 0.15) is 44.9 Å². The maximum absolute atomic E-state index is 4.54. The summed E-state index contributed by atoms with van der Waals surface area (Å²) >= 11 is 0. The number of nitrogens with zero attached hydrogens (tertiary/aromatic N) is 3. The van der Waals surface area contributed by atoms with Crippen LogP contribution in [-0.2, 0) is 0 Å². The number of pyridine rings is 1. The summed E-state index contributed by atoms with van der Waals surface area (Å²) in [6.45, 7) is 4.31. The van der Waals surface area contributed by atoms with Gasteiger partial charge in [-0.15, -0.1) is 0 Å². The smallest absolute Gasteiger partial charge is 0.161 e. The molecule has 0 amide bonds. The zero-order valence-corrected chi connectivity index (χ0v) is 12.9. The maximum Gasteiger partial charge on any atom is 0.161 e. The maximum atomic E-state index is 4.54. The molecule has 0 unspecified atom stereocenters. The fraction of sp³-hybridized carbons (Fsp3) is 0.529. The van der Waals surface area contributed by atoms with Crippen LogP contribution < -0.4 is 5.32 Å². The molecule has 0 aliphatic heterocycles. The number of nitrogens with one attached hydrogen (secondary N) is 1. The van der Waals surface area contributed by atoms with Crippen molar-refractivity contribution in [3.8, 4) is 5.82 Å². The van der Waals surface area contributed by atoms with E-state index in [-0.39, 0.29) is 0 Å². The lowest BCUT2D eigenvalue weighted by Gasteiger charge is -2.29. The van der Waals surface area contributed by atoms with Crippen molar-refractivity contribution >= 4 is 5.69 Å². The van der Waals surface area contributed by atoms with Gasteiger partial charge in [0.05, 0.1) is 5.69 Å². The highest BCUT2D eigenvalue weighted by Gasteiger charge is 2.21. The van der Waals surface area contributed by atoms with Gasteiger partial charge in [-0.2, -0.15) is 0 Å². The summed E-state index contributed by atoms with van der Waals surface area (Å²) in [5.41, 5.74) is 1.11. The van der Waals surface area contributed by atoms with Gasteiger partial charge in [-0.3, -0.25) is 4.57 Å². The van der Waals surface area contributed by atoms with Crippen LogP contribution in [0.25, 0.3) is 5.82 Å². The van der Waals surface area contributed by atoms with Crippen LogP contribution in [-0.4, -0.2) is 20.6 Å². The third-order valence-corrected chi connectivity index (χ3v) is 4.62. The molecule has 1 saturated carbocycles. The average molecular weight is 284 g/mol. The summed E-state index contributed by atoms with van der Waals surface area (Å²) in [5, 5.41) is 3.70. The Morgan fingerprint density at radius 1 is 1.19 bits per heavy atom. The quantitative estimate of drug-likeness (QED) is 0.924. The third-order valence-electron chi connectivity index (χ3n) is 4.62. The number of hydrogen-bond donors (Lipinski definition) is 1. The number of aromatic nitrogens is 3. The Kier molecular flexibility index (Phi) is 4.23. The fourth-order valence-electron chi connectivity index (χ4n) is 3.24. The molecule has 4 nitrogen and oxygen atoms in total. The summed E-state index contributed by atoms with van der Waals surface area (Å²) in [6.07, 6.45) is 12.2. The van der Waals surface area contributed by atoms with E-state index in [4.69, 9.17) is 0 Å². The Labute approximate surface area is 126 Å². The molecule has 1 aliphatic carbocycles. The van der Waals surface area contributed by atoms with Crippen molar-refractivity contribution in [1.29, 1.82) is 0 Å². The molecule has 21 heavy (non-hydrogen) atoms. The summed E-state index contributed by atoms with van der Waals surface area (Å²) in [7, 11) is 0. The van der Waals surface area contributed by atoms with Crippen LogP contribution >= 0.6 is 0 Å². The molecule has 0 atom stereocenters. The predicted octanol–water partition coefficient (Wildman–Crippen LogP) is 3.96. The highest BCUT2D eigenvalue weighted by molar-refractivity contribution is 5.57. The molecule has 2 aromatic rings. The molecule has 0 radical (unpaired) electrons. The molecule has 4 heteroatoms. The molecule has 0 saturated heterocycles. The van der Waals surface area contributed by atoms with E-state index in [2.05, 4.69) is 28.3 Å². The van der Waals surface area contributed by atoms with E-state index < -0.39 is 0 Å². The van der Waals surface area contributed by atoms with Gasteiger partial charge in [0, 0.05) is 24.6 Å². The predicted molar refractivity (Wildman–Crippen MR) is 85.8 cm³/mol. The van der Waals surface area contributed by atoms with Crippen molar-refractivity contribution in [3.63, 3.8) is 0 Å². The van der Waals surface area contributed by atoms with Crippen molar-refractivity contribution in [2.24, 2.45) is 5.92 Å². The van der Waals surface area contributed by atoms with E-state index in [1.54, 1.807) is 0 Å². The SMILES string of the molecule is CCC1CCC(Nc2cccnc2-n2ccnc2C)CC1. The van der Waals surface area contributed by atoms with Crippen molar-refractivity contribution < 1.29 is 0 Å². The molecule has 1 aliphatic rings. The molecule has 1 fully saturated rings. The molecule has 3 rings (SSSR count). The van der Waals surface area contributed by atoms with E-state index >= 15 is 0 Å². The first kappa shape index (κ1) is 14.1.